The van der Waals surface area contributed by atoms with Gasteiger partial charge in [0.05, 0.1) is 12.8 Å². The average Bonchev–Trinajstić information content (AvgIpc) is 2.17. The van der Waals surface area contributed by atoms with Crippen LogP contribution in [0.25, 0.3) is 0 Å². The lowest BCUT2D eigenvalue weighted by Gasteiger charge is -2.04. The minimum Gasteiger partial charge on any atom is -0.497 e. The van der Waals surface area contributed by atoms with Crippen LogP contribution in [0.15, 0.2) is 12.1 Å². The van der Waals surface area contributed by atoms with E-state index in [-0.39, 0.29) is 18.0 Å². The molecule has 0 saturated heterocycles. The average molecular weight is 199 g/mol. The predicted molar refractivity (Wildman–Crippen MR) is 45.2 cm³/mol. The first kappa shape index (κ1) is 10.4. The van der Waals surface area contributed by atoms with Gasteiger partial charge in [0.1, 0.15) is 12.4 Å². The van der Waals surface area contributed by atoms with Gasteiger partial charge in [0.2, 0.25) is 0 Å². The SMILES string of the molecule is COc1cc(COO)nc(C(=O)O)c1. The molecule has 0 aliphatic rings. The van der Waals surface area contributed by atoms with Crippen LogP contribution in [-0.2, 0) is 11.5 Å². The molecule has 1 rings (SSSR count). The highest BCUT2D eigenvalue weighted by Crippen LogP contribution is 2.14. The number of nitrogens with zero attached hydrogens (tertiary/aromatic N) is 1. The molecule has 1 aromatic rings. The van der Waals surface area contributed by atoms with Crippen molar-refractivity contribution in [3.8, 4) is 5.75 Å². The molecule has 14 heavy (non-hydrogen) atoms. The van der Waals surface area contributed by atoms with Gasteiger partial charge in [-0.15, -0.1) is 0 Å². The molecule has 1 aromatic heterocycles. The highest BCUT2D eigenvalue weighted by Gasteiger charge is 2.09. The molecule has 0 aromatic carbocycles. The van der Waals surface area contributed by atoms with Crippen molar-refractivity contribution in [2.24, 2.45) is 0 Å². The van der Waals surface area contributed by atoms with Gasteiger partial charge in [-0.2, -0.15) is 0 Å². The van der Waals surface area contributed by atoms with Crippen LogP contribution in [0.5, 0.6) is 5.75 Å². The van der Waals surface area contributed by atoms with E-state index >= 15 is 0 Å². The Morgan fingerprint density at radius 1 is 1.57 bits per heavy atom. The molecule has 0 bridgehead atoms. The number of carbonyl (C=O) groups is 1. The van der Waals surface area contributed by atoms with Crippen molar-refractivity contribution in [3.05, 3.63) is 23.5 Å². The number of rotatable bonds is 4. The zero-order chi connectivity index (χ0) is 10.6. The van der Waals surface area contributed by atoms with Crippen LogP contribution < -0.4 is 4.74 Å². The van der Waals surface area contributed by atoms with Crippen LogP contribution in [0.4, 0.5) is 0 Å². The maximum absolute atomic E-state index is 10.6. The van der Waals surface area contributed by atoms with Crippen LogP contribution in [0.2, 0.25) is 0 Å². The molecule has 0 amide bonds. The van der Waals surface area contributed by atoms with Crippen LogP contribution in [0.3, 0.4) is 0 Å². The maximum atomic E-state index is 10.6. The molecular weight excluding hydrogens is 190 g/mol. The number of aromatic carboxylic acids is 1. The van der Waals surface area contributed by atoms with Crippen LogP contribution >= 0.6 is 0 Å². The summed E-state index contributed by atoms with van der Waals surface area (Å²) in [6.45, 7) is -0.183. The fraction of sp³-hybridized carbons (Fsp3) is 0.250. The third-order valence-electron chi connectivity index (χ3n) is 1.52. The summed E-state index contributed by atoms with van der Waals surface area (Å²) < 4.78 is 4.85. The Kier molecular flexibility index (Phi) is 3.38. The van der Waals surface area contributed by atoms with Gasteiger partial charge < -0.3 is 9.84 Å². The quantitative estimate of drug-likeness (QED) is 0.550. The number of hydrogen-bond acceptors (Lipinski definition) is 5. The molecule has 0 fully saturated rings. The van der Waals surface area contributed by atoms with Crippen molar-refractivity contribution in [1.29, 1.82) is 0 Å². The summed E-state index contributed by atoms with van der Waals surface area (Å²) in [5.41, 5.74) is 0.126. The van der Waals surface area contributed by atoms with Gasteiger partial charge in [0.15, 0.2) is 5.69 Å². The van der Waals surface area contributed by atoms with E-state index in [1.807, 2.05) is 0 Å². The molecule has 6 heteroatoms. The molecule has 1 heterocycles. The van der Waals surface area contributed by atoms with E-state index in [1.54, 1.807) is 0 Å². The number of carboxylic acid groups (broad SMARTS) is 1. The van der Waals surface area contributed by atoms with E-state index in [0.29, 0.717) is 5.75 Å². The van der Waals surface area contributed by atoms with Gasteiger partial charge in [-0.3, -0.25) is 5.26 Å². The fourth-order valence-electron chi connectivity index (χ4n) is 0.927. The van der Waals surface area contributed by atoms with Crippen molar-refractivity contribution < 1.29 is 24.8 Å². The summed E-state index contributed by atoms with van der Waals surface area (Å²) in [5, 5.41) is 16.9. The summed E-state index contributed by atoms with van der Waals surface area (Å²) in [6.07, 6.45) is 0. The van der Waals surface area contributed by atoms with E-state index in [4.69, 9.17) is 15.1 Å². The summed E-state index contributed by atoms with van der Waals surface area (Å²) >= 11 is 0. The summed E-state index contributed by atoms with van der Waals surface area (Å²) in [7, 11) is 1.41. The number of ether oxygens (including phenoxy) is 1. The van der Waals surface area contributed by atoms with Crippen molar-refractivity contribution in [3.63, 3.8) is 0 Å². The number of carboxylic acids is 1. The first-order chi connectivity index (χ1) is 6.67. The minimum atomic E-state index is -1.16. The van der Waals surface area contributed by atoms with Crippen molar-refractivity contribution in [2.75, 3.05) is 7.11 Å². The molecule has 0 saturated carbocycles. The third kappa shape index (κ3) is 2.41. The molecule has 2 N–H and O–H groups in total. The molecule has 0 aliphatic carbocycles. The number of methoxy groups -OCH3 is 1. The second-order valence-electron chi connectivity index (χ2n) is 2.46. The van der Waals surface area contributed by atoms with Crippen LogP contribution in [0, 0.1) is 0 Å². The Balaban J connectivity index is 3.06. The first-order valence-corrected chi connectivity index (χ1v) is 3.72. The Labute approximate surface area is 79.7 Å². The number of aromatic nitrogens is 1. The molecule has 0 unspecified atom stereocenters. The van der Waals surface area contributed by atoms with E-state index in [2.05, 4.69) is 9.87 Å². The monoisotopic (exact) mass is 199 g/mol. The fourth-order valence-corrected chi connectivity index (χ4v) is 0.927. The lowest BCUT2D eigenvalue weighted by atomic mass is 10.3. The molecule has 6 nitrogen and oxygen atoms in total. The molecule has 0 spiro atoms. The molecular formula is C8H9NO5. The third-order valence-corrected chi connectivity index (χ3v) is 1.52. The van der Waals surface area contributed by atoms with Crippen molar-refractivity contribution in [2.45, 2.75) is 6.61 Å². The Morgan fingerprint density at radius 2 is 2.29 bits per heavy atom. The minimum absolute atomic E-state index is 0.156. The Morgan fingerprint density at radius 3 is 2.79 bits per heavy atom. The van der Waals surface area contributed by atoms with E-state index < -0.39 is 5.97 Å². The standard InChI is InChI=1S/C8H9NO5/c1-13-6-2-5(4-14-12)9-7(3-6)8(10)11/h2-3,12H,4H2,1H3,(H,10,11). The van der Waals surface area contributed by atoms with Crippen molar-refractivity contribution in [1.82, 2.24) is 4.98 Å². The van der Waals surface area contributed by atoms with Gasteiger partial charge in [0.25, 0.3) is 0 Å². The predicted octanol–water partition coefficient (Wildman–Crippen LogP) is 0.778. The maximum Gasteiger partial charge on any atom is 0.354 e. The van der Waals surface area contributed by atoms with Gasteiger partial charge >= 0.3 is 5.97 Å². The highest BCUT2D eigenvalue weighted by atomic mass is 17.1. The van der Waals surface area contributed by atoms with E-state index in [1.165, 1.54) is 19.2 Å². The summed E-state index contributed by atoms with van der Waals surface area (Å²) in [4.78, 5) is 18.2. The van der Waals surface area contributed by atoms with E-state index in [0.717, 1.165) is 0 Å². The normalized spacial score (nSPS) is 9.86. The Bertz CT molecular complexity index is 339. The van der Waals surface area contributed by atoms with Gasteiger partial charge in [-0.1, -0.05) is 0 Å². The lowest BCUT2D eigenvalue weighted by molar-refractivity contribution is -0.253. The van der Waals surface area contributed by atoms with Gasteiger partial charge in [-0.25, -0.2) is 14.7 Å². The van der Waals surface area contributed by atoms with Gasteiger partial charge in [-0.05, 0) is 0 Å². The van der Waals surface area contributed by atoms with E-state index in [9.17, 15) is 4.79 Å². The van der Waals surface area contributed by atoms with Crippen LogP contribution in [-0.4, -0.2) is 28.4 Å². The molecule has 0 atom stereocenters. The zero-order valence-corrected chi connectivity index (χ0v) is 7.43. The number of pyridine rings is 1. The second kappa shape index (κ2) is 4.54. The highest BCUT2D eigenvalue weighted by molar-refractivity contribution is 5.85. The Hall–Kier alpha value is -1.66. The topological polar surface area (TPSA) is 88.9 Å². The molecule has 76 valence electrons. The zero-order valence-electron chi connectivity index (χ0n) is 7.43. The van der Waals surface area contributed by atoms with Gasteiger partial charge in [0, 0.05) is 12.1 Å². The van der Waals surface area contributed by atoms with Crippen molar-refractivity contribution >= 4 is 5.97 Å². The lowest BCUT2D eigenvalue weighted by Crippen LogP contribution is -2.04. The smallest absolute Gasteiger partial charge is 0.354 e. The largest absolute Gasteiger partial charge is 0.497 e. The number of hydrogen-bond donors (Lipinski definition) is 2. The molecule has 0 aliphatic heterocycles. The summed E-state index contributed by atoms with van der Waals surface area (Å²) in [5.74, 6) is -0.812. The first-order valence-electron chi connectivity index (χ1n) is 3.72. The van der Waals surface area contributed by atoms with Crippen LogP contribution in [0.1, 0.15) is 16.2 Å². The molecule has 0 radical (unpaired) electrons. The summed E-state index contributed by atoms with van der Waals surface area (Å²) in [6, 6.07) is 2.76. The second-order valence-corrected chi connectivity index (χ2v) is 2.46.